The molecule has 0 aliphatic heterocycles. The summed E-state index contributed by atoms with van der Waals surface area (Å²) in [5.74, 6) is -0.780. The van der Waals surface area contributed by atoms with Crippen LogP contribution in [0.15, 0.2) is 0 Å². The molecular weight excluding hydrogens is 423 g/mol. The van der Waals surface area contributed by atoms with E-state index in [2.05, 4.69) is 0 Å². The van der Waals surface area contributed by atoms with Crippen LogP contribution in [0.25, 0.3) is 0 Å². The van der Waals surface area contributed by atoms with E-state index in [9.17, 15) is 19.8 Å². The number of aliphatic carboxylic acids is 2. The van der Waals surface area contributed by atoms with Crippen LogP contribution in [0.3, 0.4) is 0 Å². The van der Waals surface area contributed by atoms with Crippen LogP contribution in [0.5, 0.6) is 0 Å². The maximum atomic E-state index is 9.96. The molecule has 0 spiro atoms. The normalized spacial score (nSPS) is 11.5. The Morgan fingerprint density at radius 1 is 0.952 bits per heavy atom. The van der Waals surface area contributed by atoms with Gasteiger partial charge in [0.05, 0.1) is 11.9 Å². The van der Waals surface area contributed by atoms with Crippen LogP contribution in [0, 0.1) is 0 Å². The molecule has 0 amide bonds. The molecule has 0 rings (SSSR count). The molecule has 0 aromatic heterocycles. The van der Waals surface area contributed by atoms with E-state index in [1.807, 2.05) is 12.5 Å². The van der Waals surface area contributed by atoms with Crippen LogP contribution in [0.1, 0.15) is 12.8 Å². The van der Waals surface area contributed by atoms with Gasteiger partial charge in [0, 0.05) is 12.1 Å². The molecule has 0 bridgehead atoms. The van der Waals surface area contributed by atoms with Gasteiger partial charge in [0.2, 0.25) is 0 Å². The van der Waals surface area contributed by atoms with Gasteiger partial charge in [-0.15, -0.1) is 0 Å². The van der Waals surface area contributed by atoms with Crippen molar-refractivity contribution in [3.63, 3.8) is 0 Å². The molecule has 0 aromatic rings. The summed E-state index contributed by atoms with van der Waals surface area (Å²) in [5, 5.41) is 19.9. The molecular formula is C10H20N2O5S2Zn2. The SMILES string of the molecule is CSCCC(N)C(=O)[O-].CSCCC(N)C(=O)[O-].[O]=[Zn].[Zn+2]. The average Bonchev–Trinajstić information content (AvgIpc) is 2.44. The van der Waals surface area contributed by atoms with E-state index >= 15 is 0 Å². The number of rotatable bonds is 8. The molecule has 116 valence electrons. The molecule has 0 aliphatic rings. The number of carbonyl (C=O) groups excluding carboxylic acids is 2. The van der Waals surface area contributed by atoms with Crippen molar-refractivity contribution in [3.8, 4) is 0 Å². The predicted octanol–water partition coefficient (Wildman–Crippen LogP) is -2.49. The van der Waals surface area contributed by atoms with Gasteiger partial charge in [-0.25, -0.2) is 0 Å². The zero-order valence-corrected chi connectivity index (χ0v) is 20.0. The molecule has 4 N–H and O–H groups in total. The second-order valence-electron chi connectivity index (χ2n) is 3.41. The van der Waals surface area contributed by atoms with E-state index in [4.69, 9.17) is 15.0 Å². The van der Waals surface area contributed by atoms with Gasteiger partial charge in [-0.05, 0) is 36.9 Å². The van der Waals surface area contributed by atoms with Crippen molar-refractivity contribution in [2.75, 3.05) is 24.0 Å². The summed E-state index contributed by atoms with van der Waals surface area (Å²) in [4.78, 5) is 19.9. The third-order valence-electron chi connectivity index (χ3n) is 1.87. The molecule has 7 nitrogen and oxygen atoms in total. The van der Waals surface area contributed by atoms with Crippen molar-refractivity contribution >= 4 is 35.5 Å². The Hall–Kier alpha value is 0.607. The predicted molar refractivity (Wildman–Crippen MR) is 72.6 cm³/mol. The monoisotopic (exact) mass is 440 g/mol. The minimum Gasteiger partial charge on any atom is 2.00 e. The third-order valence-corrected chi connectivity index (χ3v) is 3.16. The number of hydrogen-bond donors (Lipinski definition) is 2. The summed E-state index contributed by atoms with van der Waals surface area (Å²) >= 11 is 3.28. The van der Waals surface area contributed by atoms with Crippen LogP contribution >= 0.6 is 23.5 Å². The minimum absolute atomic E-state index is 0. The number of thioether (sulfide) groups is 2. The van der Waals surface area contributed by atoms with Gasteiger partial charge in [0.25, 0.3) is 0 Å². The number of carboxylic acids is 2. The number of carbonyl (C=O) groups is 2. The van der Waals surface area contributed by atoms with Crippen LogP contribution in [-0.4, -0.2) is 48.0 Å². The largest absolute Gasteiger partial charge is 2.00 e. The van der Waals surface area contributed by atoms with Gasteiger partial charge in [-0.2, -0.15) is 23.5 Å². The van der Waals surface area contributed by atoms with Crippen molar-refractivity contribution in [1.82, 2.24) is 0 Å². The number of nitrogens with two attached hydrogens (primary N) is 2. The standard InChI is InChI=1S/2C5H11NO2S.O.2Zn/c2*1-9-3-2-4(6)5(7)8;;;/h2*4H,2-3,6H2,1H3,(H,7,8);;;/q;;;;+2/p-2. The van der Waals surface area contributed by atoms with Gasteiger partial charge in [0.15, 0.2) is 0 Å². The van der Waals surface area contributed by atoms with Gasteiger partial charge in [0.1, 0.15) is 0 Å². The fraction of sp³-hybridized carbons (Fsp3) is 0.800. The second kappa shape index (κ2) is 22.9. The minimum atomic E-state index is -1.16. The Bertz CT molecular complexity index is 242. The molecule has 0 radical (unpaired) electrons. The van der Waals surface area contributed by atoms with Crippen LogP contribution in [-0.2, 0) is 50.9 Å². The molecule has 21 heavy (non-hydrogen) atoms. The second-order valence-corrected chi connectivity index (χ2v) is 5.39. The van der Waals surface area contributed by atoms with E-state index in [1.165, 1.54) is 0 Å². The maximum Gasteiger partial charge on any atom is 2.00 e. The summed E-state index contributed by atoms with van der Waals surface area (Å²) in [5.41, 5.74) is 10.3. The van der Waals surface area contributed by atoms with Crippen molar-refractivity contribution < 1.29 is 61.1 Å². The van der Waals surface area contributed by atoms with Crippen LogP contribution in [0.4, 0.5) is 0 Å². The first-order valence-corrected chi connectivity index (χ1v) is 9.56. The maximum absolute atomic E-state index is 9.96. The Morgan fingerprint density at radius 2 is 1.19 bits per heavy atom. The molecule has 0 saturated heterocycles. The van der Waals surface area contributed by atoms with Crippen molar-refractivity contribution in [3.05, 3.63) is 0 Å². The Morgan fingerprint density at radius 3 is 1.33 bits per heavy atom. The molecule has 2 atom stereocenters. The van der Waals surface area contributed by atoms with Gasteiger partial charge in [-0.1, -0.05) is 0 Å². The molecule has 0 heterocycles. The first-order chi connectivity index (χ1) is 9.36. The zero-order valence-electron chi connectivity index (χ0n) is 12.4. The smallest absolute Gasteiger partial charge is 2.00 e. The molecule has 0 aliphatic carbocycles. The Labute approximate surface area is 156 Å². The third kappa shape index (κ3) is 25.9. The molecule has 0 fully saturated rings. The van der Waals surface area contributed by atoms with E-state index in [0.29, 0.717) is 12.8 Å². The molecule has 0 aromatic carbocycles. The summed E-state index contributed by atoms with van der Waals surface area (Å²) in [6.07, 6.45) is 4.79. The van der Waals surface area contributed by atoms with E-state index < -0.39 is 24.0 Å². The van der Waals surface area contributed by atoms with E-state index in [1.54, 1.807) is 23.5 Å². The first kappa shape index (κ1) is 29.6. The van der Waals surface area contributed by atoms with Crippen LogP contribution < -0.4 is 21.7 Å². The van der Waals surface area contributed by atoms with Gasteiger partial charge >= 0.3 is 41.3 Å². The molecule has 0 saturated carbocycles. The average molecular weight is 443 g/mol. The fourth-order valence-corrected chi connectivity index (χ4v) is 1.70. The summed E-state index contributed by atoms with van der Waals surface area (Å²) in [7, 11) is 0. The summed E-state index contributed by atoms with van der Waals surface area (Å²) < 4.78 is 8.38. The van der Waals surface area contributed by atoms with Crippen molar-refractivity contribution in [2.45, 2.75) is 24.9 Å². The zero-order chi connectivity index (χ0) is 16.6. The quantitative estimate of drug-likeness (QED) is 0.389. The molecule has 2 unspecified atom stereocenters. The topological polar surface area (TPSA) is 149 Å². The van der Waals surface area contributed by atoms with Crippen molar-refractivity contribution in [1.29, 1.82) is 0 Å². The first-order valence-electron chi connectivity index (χ1n) is 5.56. The Balaban J connectivity index is -0.000000118. The van der Waals surface area contributed by atoms with Gasteiger partial charge < -0.3 is 31.3 Å². The number of hydrogen-bond acceptors (Lipinski definition) is 9. The van der Waals surface area contributed by atoms with Gasteiger partial charge in [-0.3, -0.25) is 0 Å². The Kier molecular flexibility index (Phi) is 32.2. The van der Waals surface area contributed by atoms with Crippen LogP contribution in [0.2, 0.25) is 0 Å². The summed E-state index contributed by atoms with van der Waals surface area (Å²) in [6, 6.07) is -1.59. The van der Waals surface area contributed by atoms with E-state index in [-0.39, 0.29) is 37.7 Å². The number of carboxylic acid groups (broad SMARTS) is 2. The van der Waals surface area contributed by atoms with E-state index in [0.717, 1.165) is 11.5 Å². The van der Waals surface area contributed by atoms with Crippen molar-refractivity contribution in [2.24, 2.45) is 11.5 Å². The molecule has 11 heteroatoms. The summed E-state index contributed by atoms with van der Waals surface area (Å²) in [6.45, 7) is 0. The fourth-order valence-electron chi connectivity index (χ4n) is 0.725.